The van der Waals surface area contributed by atoms with Crippen molar-refractivity contribution in [1.29, 1.82) is 0 Å². The fourth-order valence-corrected chi connectivity index (χ4v) is 4.37. The van der Waals surface area contributed by atoms with E-state index in [1.165, 1.54) is 18.4 Å². The van der Waals surface area contributed by atoms with Gasteiger partial charge in [0.1, 0.15) is 5.76 Å². The van der Waals surface area contributed by atoms with E-state index in [1.807, 2.05) is 12.1 Å². The van der Waals surface area contributed by atoms with Crippen LogP contribution in [0.2, 0.25) is 0 Å². The summed E-state index contributed by atoms with van der Waals surface area (Å²) in [4.78, 5) is 7.29. The van der Waals surface area contributed by atoms with Crippen LogP contribution in [0, 0.1) is 0 Å². The summed E-state index contributed by atoms with van der Waals surface area (Å²) in [5, 5.41) is 3.60. The number of ether oxygens (including phenoxy) is 2. The number of likely N-dealkylation sites (tertiary alicyclic amines) is 1. The molecule has 0 spiro atoms. The number of nitrogens with one attached hydrogen (secondary N) is 1. The van der Waals surface area contributed by atoms with E-state index in [-0.39, 0.29) is 0 Å². The summed E-state index contributed by atoms with van der Waals surface area (Å²) in [5.74, 6) is 1.98. The van der Waals surface area contributed by atoms with Crippen LogP contribution in [0.25, 0.3) is 0 Å². The summed E-state index contributed by atoms with van der Waals surface area (Å²) in [6.45, 7) is 5.15. The lowest BCUT2D eigenvalue weighted by Crippen LogP contribution is -2.48. The molecular formula is C26H37N3O3. The molecule has 1 atom stereocenters. The summed E-state index contributed by atoms with van der Waals surface area (Å²) in [5.41, 5.74) is 1.34. The molecule has 2 aromatic rings. The van der Waals surface area contributed by atoms with Gasteiger partial charge >= 0.3 is 0 Å². The lowest BCUT2D eigenvalue weighted by Gasteiger charge is -2.35. The highest BCUT2D eigenvalue weighted by molar-refractivity contribution is 5.80. The third-order valence-corrected chi connectivity index (χ3v) is 6.27. The SMILES string of the molecule is c1ccc(CCNC(=NCCc2ccco2)N2CCC(OCC3CCCCO3)CC2)cc1. The summed E-state index contributed by atoms with van der Waals surface area (Å²) < 4.78 is 17.5. The monoisotopic (exact) mass is 439 g/mol. The Hall–Kier alpha value is -2.31. The summed E-state index contributed by atoms with van der Waals surface area (Å²) >= 11 is 0. The van der Waals surface area contributed by atoms with Gasteiger partial charge in [0.15, 0.2) is 5.96 Å². The molecule has 1 aromatic carbocycles. The van der Waals surface area contributed by atoms with Crippen molar-refractivity contribution in [3.63, 3.8) is 0 Å². The van der Waals surface area contributed by atoms with E-state index in [4.69, 9.17) is 18.9 Å². The molecule has 174 valence electrons. The van der Waals surface area contributed by atoms with Crippen molar-refractivity contribution in [3.8, 4) is 0 Å². The van der Waals surface area contributed by atoms with Gasteiger partial charge in [-0.1, -0.05) is 30.3 Å². The van der Waals surface area contributed by atoms with Crippen LogP contribution < -0.4 is 5.32 Å². The summed E-state index contributed by atoms with van der Waals surface area (Å²) in [6.07, 6.45) is 9.79. The van der Waals surface area contributed by atoms with Gasteiger partial charge in [-0.15, -0.1) is 0 Å². The fourth-order valence-electron chi connectivity index (χ4n) is 4.37. The quantitative estimate of drug-likeness (QED) is 0.472. The van der Waals surface area contributed by atoms with E-state index < -0.39 is 0 Å². The van der Waals surface area contributed by atoms with Crippen LogP contribution in [-0.4, -0.2) is 62.5 Å². The zero-order valence-electron chi connectivity index (χ0n) is 19.1. The molecule has 1 unspecified atom stereocenters. The van der Waals surface area contributed by atoms with Gasteiger partial charge in [-0.25, -0.2) is 0 Å². The second kappa shape index (κ2) is 12.7. The molecular weight excluding hydrogens is 402 g/mol. The molecule has 6 nitrogen and oxygen atoms in total. The first kappa shape index (κ1) is 22.9. The number of aliphatic imine (C=N–C) groups is 1. The molecule has 4 rings (SSSR count). The lowest BCUT2D eigenvalue weighted by molar-refractivity contribution is -0.0721. The van der Waals surface area contributed by atoms with E-state index >= 15 is 0 Å². The smallest absolute Gasteiger partial charge is 0.193 e. The minimum atomic E-state index is 0.292. The minimum Gasteiger partial charge on any atom is -0.469 e. The Morgan fingerprint density at radius 1 is 1.03 bits per heavy atom. The van der Waals surface area contributed by atoms with Gasteiger partial charge < -0.3 is 24.1 Å². The maximum absolute atomic E-state index is 6.20. The molecule has 6 heteroatoms. The first-order chi connectivity index (χ1) is 15.9. The van der Waals surface area contributed by atoms with Crippen LogP contribution in [0.3, 0.4) is 0 Å². The number of furan rings is 1. The molecule has 0 radical (unpaired) electrons. The average Bonchev–Trinajstić information content (AvgIpc) is 3.37. The number of guanidine groups is 1. The highest BCUT2D eigenvalue weighted by atomic mass is 16.5. The maximum atomic E-state index is 6.20. The molecule has 3 heterocycles. The predicted molar refractivity (Wildman–Crippen MR) is 127 cm³/mol. The molecule has 0 aliphatic carbocycles. The first-order valence-corrected chi connectivity index (χ1v) is 12.2. The Morgan fingerprint density at radius 2 is 1.91 bits per heavy atom. The lowest BCUT2D eigenvalue weighted by atomic mass is 10.1. The van der Waals surface area contributed by atoms with Gasteiger partial charge in [-0.05, 0) is 56.2 Å². The Kier molecular flexibility index (Phi) is 9.04. The van der Waals surface area contributed by atoms with Gasteiger partial charge in [-0.2, -0.15) is 0 Å². The number of rotatable bonds is 9. The third kappa shape index (κ3) is 7.38. The van der Waals surface area contributed by atoms with Crippen LogP contribution in [-0.2, 0) is 22.3 Å². The molecule has 2 aliphatic heterocycles. The second-order valence-electron chi connectivity index (χ2n) is 8.71. The Balaban J connectivity index is 1.25. The number of benzene rings is 1. The molecule has 0 amide bonds. The number of hydrogen-bond acceptors (Lipinski definition) is 4. The molecule has 32 heavy (non-hydrogen) atoms. The zero-order valence-corrected chi connectivity index (χ0v) is 19.1. The van der Waals surface area contributed by atoms with Crippen LogP contribution in [0.1, 0.15) is 43.4 Å². The second-order valence-corrected chi connectivity index (χ2v) is 8.71. The average molecular weight is 440 g/mol. The van der Waals surface area contributed by atoms with Crippen LogP contribution in [0.5, 0.6) is 0 Å². The number of hydrogen-bond donors (Lipinski definition) is 1. The van der Waals surface area contributed by atoms with Crippen molar-refractivity contribution in [2.75, 3.05) is 39.4 Å². The van der Waals surface area contributed by atoms with Crippen molar-refractivity contribution in [3.05, 3.63) is 60.1 Å². The third-order valence-electron chi connectivity index (χ3n) is 6.27. The topological polar surface area (TPSA) is 59.2 Å². The van der Waals surface area contributed by atoms with E-state index in [0.29, 0.717) is 12.2 Å². The maximum Gasteiger partial charge on any atom is 0.193 e. The molecule has 0 saturated carbocycles. The normalized spacial score (nSPS) is 20.4. The molecule has 2 saturated heterocycles. The van der Waals surface area contributed by atoms with E-state index in [0.717, 1.165) is 83.2 Å². The van der Waals surface area contributed by atoms with Crippen molar-refractivity contribution >= 4 is 5.96 Å². The largest absolute Gasteiger partial charge is 0.469 e. The van der Waals surface area contributed by atoms with Gasteiger partial charge in [0.25, 0.3) is 0 Å². The summed E-state index contributed by atoms with van der Waals surface area (Å²) in [7, 11) is 0. The van der Waals surface area contributed by atoms with Crippen LogP contribution in [0.4, 0.5) is 0 Å². The number of nitrogens with zero attached hydrogens (tertiary/aromatic N) is 2. The Bertz CT molecular complexity index is 780. The molecule has 1 N–H and O–H groups in total. The predicted octanol–water partition coefficient (Wildman–Crippen LogP) is 4.06. The molecule has 0 bridgehead atoms. The Labute approximate surface area is 192 Å². The van der Waals surface area contributed by atoms with E-state index in [2.05, 4.69) is 40.5 Å². The van der Waals surface area contributed by atoms with Crippen LogP contribution in [0.15, 0.2) is 58.1 Å². The highest BCUT2D eigenvalue weighted by Crippen LogP contribution is 2.18. The molecule has 1 aromatic heterocycles. The summed E-state index contributed by atoms with van der Waals surface area (Å²) in [6, 6.07) is 14.5. The number of piperidine rings is 1. The van der Waals surface area contributed by atoms with Gasteiger partial charge in [-0.3, -0.25) is 4.99 Å². The van der Waals surface area contributed by atoms with Crippen molar-refractivity contribution in [2.24, 2.45) is 4.99 Å². The van der Waals surface area contributed by atoms with Gasteiger partial charge in [0, 0.05) is 39.2 Å². The molecule has 2 fully saturated rings. The van der Waals surface area contributed by atoms with E-state index in [1.54, 1.807) is 6.26 Å². The molecule has 2 aliphatic rings. The van der Waals surface area contributed by atoms with Crippen molar-refractivity contribution < 1.29 is 13.9 Å². The van der Waals surface area contributed by atoms with Crippen molar-refractivity contribution in [2.45, 2.75) is 57.2 Å². The van der Waals surface area contributed by atoms with E-state index in [9.17, 15) is 0 Å². The minimum absolute atomic E-state index is 0.292. The Morgan fingerprint density at radius 3 is 2.66 bits per heavy atom. The first-order valence-electron chi connectivity index (χ1n) is 12.2. The fraction of sp³-hybridized carbons (Fsp3) is 0.577. The highest BCUT2D eigenvalue weighted by Gasteiger charge is 2.24. The van der Waals surface area contributed by atoms with Gasteiger partial charge in [0.2, 0.25) is 0 Å². The zero-order chi connectivity index (χ0) is 21.8. The van der Waals surface area contributed by atoms with Gasteiger partial charge in [0.05, 0.1) is 25.1 Å². The van der Waals surface area contributed by atoms with Crippen molar-refractivity contribution in [1.82, 2.24) is 10.2 Å². The van der Waals surface area contributed by atoms with Crippen LogP contribution >= 0.6 is 0 Å². The standard InChI is InChI=1S/C26H37N3O3/c1-2-7-22(8-3-1)11-15-27-26(28-16-12-23-10-6-20-30-23)29-17-13-24(14-18-29)32-21-25-9-4-5-19-31-25/h1-3,6-8,10,20,24-25H,4-5,9,11-19,21H2,(H,27,28).